The number of nitrogens with zero attached hydrogens (tertiary/aromatic N) is 2. The molecule has 2 aromatic rings. The average Bonchev–Trinajstić information content (AvgIpc) is 1.60. The molecule has 3 rings (SSSR count). The number of aryl methyl sites for hydroxylation is 4. The van der Waals surface area contributed by atoms with E-state index in [2.05, 4.69) is 106 Å². The molecule has 0 aromatic heterocycles. The van der Waals surface area contributed by atoms with Crippen LogP contribution in [-0.2, 0) is 40.1 Å². The van der Waals surface area contributed by atoms with Gasteiger partial charge >= 0.3 is 166 Å². The summed E-state index contributed by atoms with van der Waals surface area (Å²) in [7, 11) is 0. The molecule has 638 valence electrons. The molecular weight excluding hydrogens is 1360 g/mol. The van der Waals surface area contributed by atoms with Gasteiger partial charge in [-0.1, -0.05) is 363 Å². The topological polar surface area (TPSA) is 25.3 Å². The van der Waals surface area contributed by atoms with E-state index in [4.69, 9.17) is 0 Å². The van der Waals surface area contributed by atoms with Gasteiger partial charge in [-0.2, -0.15) is 0 Å². The van der Waals surface area contributed by atoms with Gasteiger partial charge in [0.1, 0.15) is 0 Å². The summed E-state index contributed by atoms with van der Waals surface area (Å²) in [5, 5.41) is 2.87. The first-order chi connectivity index (χ1) is 53.9. The number of benzene rings is 2. The second-order valence-corrected chi connectivity index (χ2v) is 36.8. The molecule has 1 aliphatic rings. The third-order valence-corrected chi connectivity index (χ3v) is 25.9. The summed E-state index contributed by atoms with van der Waals surface area (Å²) in [6, 6.07) is 14.8. The van der Waals surface area contributed by atoms with Crippen molar-refractivity contribution in [3.63, 3.8) is 0 Å². The first-order valence-electron chi connectivity index (χ1n) is 50.6. The smallest absolute Gasteiger partial charge is 0.0654 e. The Bertz CT molecular complexity index is 2270. The molecule has 3 heteroatoms. The fourth-order valence-electron chi connectivity index (χ4n) is 17.3. The quantitative estimate of drug-likeness (QED) is 0.0358. The summed E-state index contributed by atoms with van der Waals surface area (Å²) in [4.78, 5) is 0. The van der Waals surface area contributed by atoms with E-state index in [9.17, 15) is 5.53 Å². The fourth-order valence-corrected chi connectivity index (χ4v) is 18.5. The second-order valence-electron chi connectivity index (χ2n) is 35.4. The maximum atomic E-state index is 12.7. The molecule has 0 atom stereocenters. The van der Waals surface area contributed by atoms with E-state index in [1.807, 2.05) is 0 Å². The Labute approximate surface area is 692 Å². The molecule has 0 fully saturated rings. The van der Waals surface area contributed by atoms with Gasteiger partial charge in [-0.3, -0.25) is 0 Å². The molecule has 0 amide bonds. The molecule has 0 saturated carbocycles. The van der Waals surface area contributed by atoms with Crippen molar-refractivity contribution < 1.29 is 19.1 Å². The van der Waals surface area contributed by atoms with E-state index in [1.54, 1.807) is 4.70 Å². The van der Waals surface area contributed by atoms with Crippen LogP contribution in [0.15, 0.2) is 47.5 Å². The maximum absolute atomic E-state index is 12.7. The zero-order valence-corrected chi connectivity index (χ0v) is 76.6. The van der Waals surface area contributed by atoms with Gasteiger partial charge in [0.2, 0.25) is 11.4 Å². The summed E-state index contributed by atoms with van der Waals surface area (Å²) in [6.07, 6.45) is 111. The number of hydrogen-bond donors (Lipinski definition) is 0. The van der Waals surface area contributed by atoms with Crippen molar-refractivity contribution >= 4 is 11.4 Å². The Morgan fingerprint density at radius 3 is 0.550 bits per heavy atom. The molecule has 2 aromatic carbocycles. The van der Waals surface area contributed by atoms with Gasteiger partial charge in [0.15, 0.2) is 0 Å². The summed E-state index contributed by atoms with van der Waals surface area (Å²) in [5.41, 5.74) is 26.1. The third kappa shape index (κ3) is 60.2. The number of rotatable bonds is 84. The molecule has 0 saturated heterocycles. The van der Waals surface area contributed by atoms with Crippen molar-refractivity contribution in [2.45, 2.75) is 580 Å². The summed E-state index contributed by atoms with van der Waals surface area (Å²) < 4.78 is 1.70. The molecule has 0 unspecified atom stereocenters. The molecule has 1 heterocycles. The Balaban J connectivity index is 0.000000742. The normalized spacial score (nSPS) is 12.5. The standard InChI is InChI=1S/C54H88N2.2C26H53.Ni/c1-7-13-19-22-25-26-29-32-38-52-51(37-18-12-6)53(49-41-45(33-16-10-4)39-47(43-49)35-30-27-23-20-14-8-2)56(55)54(52)50-42-46(34-17-11-5)40-48(44-50)36-31-28-24-21-15-9-3;2*1-3-5-7-9-11-13-15-17-19-21-23-25-26-24-22-20-18-16-14-12-10-8-6-4-2;/h39-44H,7-38H2,1-6H3;2*1,3-26H2,2H3;. The monoisotopic (exact) mass is 1550 g/mol. The van der Waals surface area contributed by atoms with E-state index in [-0.39, 0.29) is 0 Å². The number of hydrogen-bond acceptors (Lipinski definition) is 0. The van der Waals surface area contributed by atoms with Crippen molar-refractivity contribution in [3.8, 4) is 0 Å². The van der Waals surface area contributed by atoms with E-state index in [0.717, 1.165) is 62.8 Å². The predicted molar refractivity (Wildman–Crippen MR) is 491 cm³/mol. The predicted octanol–water partition coefficient (Wildman–Crippen LogP) is 38.7. The third-order valence-electron chi connectivity index (χ3n) is 24.5. The van der Waals surface area contributed by atoms with Crippen LogP contribution >= 0.6 is 0 Å². The van der Waals surface area contributed by atoms with Crippen molar-refractivity contribution in [2.75, 3.05) is 0 Å². The molecule has 2 nitrogen and oxygen atoms in total. The van der Waals surface area contributed by atoms with Crippen LogP contribution in [0.1, 0.15) is 577 Å². The molecule has 0 spiro atoms. The zero-order chi connectivity index (χ0) is 78.3. The van der Waals surface area contributed by atoms with Crippen molar-refractivity contribution in [2.24, 2.45) is 0 Å². The molecule has 0 radical (unpaired) electrons. The van der Waals surface area contributed by atoms with Gasteiger partial charge in [0.25, 0.3) is 0 Å². The van der Waals surface area contributed by atoms with Crippen LogP contribution in [0.25, 0.3) is 16.9 Å². The average molecular weight is 1560 g/mol. The molecule has 1 aliphatic heterocycles. The molecule has 109 heavy (non-hydrogen) atoms. The van der Waals surface area contributed by atoms with E-state index in [0.29, 0.717) is 0 Å². The Morgan fingerprint density at radius 1 is 0.183 bits per heavy atom. The van der Waals surface area contributed by atoms with Crippen LogP contribution in [0, 0.1) is 0 Å². The van der Waals surface area contributed by atoms with E-state index in [1.165, 1.54) is 518 Å². The first-order valence-corrected chi connectivity index (χ1v) is 52.0. The van der Waals surface area contributed by atoms with Gasteiger partial charge in [0, 0.05) is 22.3 Å². The van der Waals surface area contributed by atoms with Gasteiger partial charge in [-0.25, -0.2) is 4.70 Å². The minimum Gasteiger partial charge on any atom is -0.0654 e. The minimum atomic E-state index is 1.03. The van der Waals surface area contributed by atoms with Crippen molar-refractivity contribution in [3.05, 3.63) is 86.5 Å². The van der Waals surface area contributed by atoms with E-state index < -0.39 is 0 Å². The Hall–Kier alpha value is -1.99. The second kappa shape index (κ2) is 81.2. The molecule has 0 aliphatic carbocycles. The number of allylic oxidation sites excluding steroid dienone is 2. The van der Waals surface area contributed by atoms with Crippen LogP contribution < -0.4 is 0 Å². The molecule has 0 N–H and O–H groups in total. The first kappa shape index (κ1) is 103. The Kier molecular flexibility index (Phi) is 76.8. The number of unbranched alkanes of at least 4 members (excludes halogenated alkanes) is 66. The molecule has 0 bridgehead atoms. The van der Waals surface area contributed by atoms with Crippen LogP contribution in [-0.4, -0.2) is 4.70 Å². The molecular formula is C106H194N2Ni. The summed E-state index contributed by atoms with van der Waals surface area (Å²) in [6.45, 7) is 18.5. The zero-order valence-electron chi connectivity index (χ0n) is 75.7. The van der Waals surface area contributed by atoms with Crippen molar-refractivity contribution in [1.29, 1.82) is 0 Å². The Morgan fingerprint density at radius 2 is 0.339 bits per heavy atom. The van der Waals surface area contributed by atoms with Crippen LogP contribution in [0.4, 0.5) is 0 Å². The fraction of sp³-hybridized carbons (Fsp3) is 0.849. The minimum absolute atomic E-state index is 1.03. The van der Waals surface area contributed by atoms with Gasteiger partial charge in [0.05, 0.1) is 0 Å². The van der Waals surface area contributed by atoms with Gasteiger partial charge < -0.3 is 5.53 Å². The van der Waals surface area contributed by atoms with Gasteiger partial charge in [-0.05, 0) is 124 Å². The SMILES string of the molecule is CCCCCCCCCCC1=C(c2cc(CCCC)cc(CCCCCCCC)c2)[N+](=[N-])C(c2cc(CCCC)cc(CCCCCCCC)c2)=C1CCCC.CCCCCCCCCCCCCCCCCCCCCCCCC[CH2][Ni][CH2]CCCCCCCCCCCCCCCCCCCCCCCCC. The van der Waals surface area contributed by atoms with Gasteiger partial charge in [-0.15, -0.1) is 0 Å². The van der Waals surface area contributed by atoms with Crippen LogP contribution in [0.3, 0.4) is 0 Å². The van der Waals surface area contributed by atoms with Crippen LogP contribution in [0.5, 0.6) is 0 Å². The summed E-state index contributed by atoms with van der Waals surface area (Å²) >= 11 is 2.05. The van der Waals surface area contributed by atoms with E-state index >= 15 is 0 Å². The van der Waals surface area contributed by atoms with Crippen LogP contribution in [0.2, 0.25) is 10.8 Å². The summed E-state index contributed by atoms with van der Waals surface area (Å²) in [5.74, 6) is 0. The van der Waals surface area contributed by atoms with Crippen molar-refractivity contribution in [1.82, 2.24) is 0 Å².